The van der Waals surface area contributed by atoms with Crippen molar-refractivity contribution in [1.29, 1.82) is 5.26 Å². The van der Waals surface area contributed by atoms with Crippen molar-refractivity contribution >= 4 is 5.91 Å². The maximum Gasteiger partial charge on any atom is 0.222 e. The summed E-state index contributed by atoms with van der Waals surface area (Å²) in [5, 5.41) is 8.93. The van der Waals surface area contributed by atoms with Crippen LogP contribution in [0.15, 0.2) is 36.4 Å². The van der Waals surface area contributed by atoms with Crippen molar-refractivity contribution in [2.45, 2.75) is 31.8 Å². The summed E-state index contributed by atoms with van der Waals surface area (Å²) in [6.45, 7) is 1.39. The average molecular weight is 430 g/mol. The SMILES string of the molecule is COc1cc(C#N)ccc1OCCCC(=O)N1CCC(Oc2ccc(F)cc2F)CC1. The van der Waals surface area contributed by atoms with Crippen LogP contribution in [0.4, 0.5) is 8.78 Å². The molecule has 2 aromatic rings. The zero-order valence-electron chi connectivity index (χ0n) is 17.3. The van der Waals surface area contributed by atoms with Gasteiger partial charge in [0.2, 0.25) is 5.91 Å². The summed E-state index contributed by atoms with van der Waals surface area (Å²) >= 11 is 0. The van der Waals surface area contributed by atoms with Crippen molar-refractivity contribution < 1.29 is 27.8 Å². The van der Waals surface area contributed by atoms with Crippen molar-refractivity contribution in [3.05, 3.63) is 53.6 Å². The summed E-state index contributed by atoms with van der Waals surface area (Å²) in [5.74, 6) is -0.308. The first-order valence-corrected chi connectivity index (χ1v) is 10.1. The molecule has 0 unspecified atom stereocenters. The lowest BCUT2D eigenvalue weighted by Crippen LogP contribution is -2.41. The monoisotopic (exact) mass is 430 g/mol. The second-order valence-corrected chi connectivity index (χ2v) is 7.20. The summed E-state index contributed by atoms with van der Waals surface area (Å²) in [5.41, 5.74) is 0.480. The molecule has 0 spiro atoms. The van der Waals surface area contributed by atoms with Crippen molar-refractivity contribution in [1.82, 2.24) is 4.90 Å². The quantitative estimate of drug-likeness (QED) is 0.591. The smallest absolute Gasteiger partial charge is 0.222 e. The molecule has 164 valence electrons. The summed E-state index contributed by atoms with van der Waals surface area (Å²) in [6.07, 6.45) is 1.84. The van der Waals surface area contributed by atoms with E-state index in [9.17, 15) is 13.6 Å². The number of benzene rings is 2. The van der Waals surface area contributed by atoms with E-state index in [2.05, 4.69) is 0 Å². The molecule has 1 saturated heterocycles. The molecule has 1 amide bonds. The van der Waals surface area contributed by atoms with Gasteiger partial charge in [-0.1, -0.05) is 0 Å². The summed E-state index contributed by atoms with van der Waals surface area (Å²) < 4.78 is 43.2. The zero-order valence-corrected chi connectivity index (χ0v) is 17.3. The summed E-state index contributed by atoms with van der Waals surface area (Å²) in [7, 11) is 1.50. The molecule has 0 aliphatic carbocycles. The number of hydrogen-bond acceptors (Lipinski definition) is 5. The van der Waals surface area contributed by atoms with Crippen LogP contribution in [0.1, 0.15) is 31.2 Å². The molecule has 1 heterocycles. The van der Waals surface area contributed by atoms with Crippen LogP contribution in [0.5, 0.6) is 17.2 Å². The number of nitriles is 1. The molecule has 1 aliphatic heterocycles. The highest BCUT2D eigenvalue weighted by molar-refractivity contribution is 5.76. The van der Waals surface area contributed by atoms with E-state index in [4.69, 9.17) is 19.5 Å². The molecule has 1 aliphatic rings. The molecule has 0 radical (unpaired) electrons. The van der Waals surface area contributed by atoms with Crippen LogP contribution in [-0.4, -0.2) is 43.7 Å². The van der Waals surface area contributed by atoms with Gasteiger partial charge in [-0.2, -0.15) is 5.26 Å². The van der Waals surface area contributed by atoms with Gasteiger partial charge in [0.25, 0.3) is 0 Å². The van der Waals surface area contributed by atoms with E-state index in [0.717, 1.165) is 12.1 Å². The van der Waals surface area contributed by atoms with Gasteiger partial charge < -0.3 is 19.1 Å². The first-order valence-electron chi connectivity index (χ1n) is 10.1. The van der Waals surface area contributed by atoms with Gasteiger partial charge in [-0.25, -0.2) is 8.78 Å². The van der Waals surface area contributed by atoms with Gasteiger partial charge in [-0.05, 0) is 30.7 Å². The normalized spacial score (nSPS) is 14.1. The number of amides is 1. The fourth-order valence-electron chi connectivity index (χ4n) is 3.39. The molecule has 0 aromatic heterocycles. The number of likely N-dealkylation sites (tertiary alicyclic amines) is 1. The van der Waals surface area contributed by atoms with Crippen LogP contribution in [-0.2, 0) is 4.79 Å². The van der Waals surface area contributed by atoms with E-state index in [1.807, 2.05) is 6.07 Å². The predicted molar refractivity (Wildman–Crippen MR) is 109 cm³/mol. The van der Waals surface area contributed by atoms with Crippen LogP contribution < -0.4 is 14.2 Å². The molecule has 8 heteroatoms. The number of carbonyl (C=O) groups is 1. The van der Waals surface area contributed by atoms with Crippen LogP contribution in [0, 0.1) is 23.0 Å². The third kappa shape index (κ3) is 6.07. The molecular formula is C23H24F2N2O4. The van der Waals surface area contributed by atoms with E-state index >= 15 is 0 Å². The Morgan fingerprint density at radius 1 is 1.13 bits per heavy atom. The van der Waals surface area contributed by atoms with Gasteiger partial charge in [0.05, 0.1) is 25.3 Å². The molecule has 0 N–H and O–H groups in total. The van der Waals surface area contributed by atoms with Crippen LogP contribution >= 0.6 is 0 Å². The molecule has 3 rings (SSSR count). The second kappa shape index (κ2) is 10.6. The second-order valence-electron chi connectivity index (χ2n) is 7.20. The lowest BCUT2D eigenvalue weighted by atomic mass is 10.1. The van der Waals surface area contributed by atoms with Gasteiger partial charge in [0, 0.05) is 44.5 Å². The minimum Gasteiger partial charge on any atom is -0.493 e. The molecule has 0 bridgehead atoms. The van der Waals surface area contributed by atoms with Crippen molar-refractivity contribution in [3.8, 4) is 23.3 Å². The number of piperidine rings is 1. The van der Waals surface area contributed by atoms with E-state index < -0.39 is 11.6 Å². The van der Waals surface area contributed by atoms with Gasteiger partial charge in [0.15, 0.2) is 23.1 Å². The number of halogens is 2. The zero-order chi connectivity index (χ0) is 22.2. The molecule has 31 heavy (non-hydrogen) atoms. The Bertz CT molecular complexity index is 953. The highest BCUT2D eigenvalue weighted by Gasteiger charge is 2.24. The predicted octanol–water partition coefficient (Wildman–Crippen LogP) is 4.07. The standard InChI is InChI=1S/C23H24F2N2O4/c1-29-22-13-16(15-26)4-6-21(22)30-12-2-3-23(28)27-10-8-18(9-11-27)31-20-7-5-17(24)14-19(20)25/h4-7,13-14,18H,2-3,8-12H2,1H3. The lowest BCUT2D eigenvalue weighted by Gasteiger charge is -2.32. The highest BCUT2D eigenvalue weighted by atomic mass is 19.1. The minimum absolute atomic E-state index is 0.0292. The Hall–Kier alpha value is -3.34. The Morgan fingerprint density at radius 3 is 2.55 bits per heavy atom. The fraction of sp³-hybridized carbons (Fsp3) is 0.391. The first-order chi connectivity index (χ1) is 15.0. The third-order valence-corrected chi connectivity index (χ3v) is 5.07. The maximum atomic E-state index is 13.7. The maximum absolute atomic E-state index is 13.7. The number of hydrogen-bond donors (Lipinski definition) is 0. The first kappa shape index (κ1) is 22.3. The van der Waals surface area contributed by atoms with E-state index in [1.165, 1.54) is 13.2 Å². The number of rotatable bonds is 8. The van der Waals surface area contributed by atoms with Gasteiger partial charge in [-0.15, -0.1) is 0 Å². The van der Waals surface area contributed by atoms with E-state index in [-0.39, 0.29) is 17.8 Å². The Kier molecular flexibility index (Phi) is 7.65. The molecule has 2 aromatic carbocycles. The van der Waals surface area contributed by atoms with E-state index in [1.54, 1.807) is 23.1 Å². The number of nitrogens with zero attached hydrogens (tertiary/aromatic N) is 2. The molecule has 6 nitrogen and oxygen atoms in total. The highest BCUT2D eigenvalue weighted by Crippen LogP contribution is 2.28. The van der Waals surface area contributed by atoms with Crippen LogP contribution in [0.25, 0.3) is 0 Å². The van der Waals surface area contributed by atoms with Gasteiger partial charge in [0.1, 0.15) is 11.9 Å². The average Bonchev–Trinajstić information content (AvgIpc) is 2.79. The fourth-order valence-corrected chi connectivity index (χ4v) is 3.39. The van der Waals surface area contributed by atoms with E-state index in [0.29, 0.717) is 62.4 Å². The topological polar surface area (TPSA) is 71.8 Å². The number of ether oxygens (including phenoxy) is 3. The lowest BCUT2D eigenvalue weighted by molar-refractivity contribution is -0.133. The Labute approximate surface area is 179 Å². The summed E-state index contributed by atoms with van der Waals surface area (Å²) in [6, 6.07) is 10.2. The Morgan fingerprint density at radius 2 is 1.87 bits per heavy atom. The van der Waals surface area contributed by atoms with Gasteiger partial charge >= 0.3 is 0 Å². The molecule has 1 fully saturated rings. The van der Waals surface area contributed by atoms with Crippen molar-refractivity contribution in [3.63, 3.8) is 0 Å². The van der Waals surface area contributed by atoms with Gasteiger partial charge in [-0.3, -0.25) is 4.79 Å². The molecule has 0 saturated carbocycles. The van der Waals surface area contributed by atoms with Crippen LogP contribution in [0.2, 0.25) is 0 Å². The number of methoxy groups -OCH3 is 1. The van der Waals surface area contributed by atoms with Crippen molar-refractivity contribution in [2.24, 2.45) is 0 Å². The Balaban J connectivity index is 1.39. The third-order valence-electron chi connectivity index (χ3n) is 5.07. The minimum atomic E-state index is -0.725. The molecular weight excluding hydrogens is 406 g/mol. The largest absolute Gasteiger partial charge is 0.493 e. The summed E-state index contributed by atoms with van der Waals surface area (Å²) in [4.78, 5) is 14.2. The molecule has 0 atom stereocenters. The number of carbonyl (C=O) groups excluding carboxylic acids is 1. The van der Waals surface area contributed by atoms with Crippen LogP contribution in [0.3, 0.4) is 0 Å². The van der Waals surface area contributed by atoms with Crippen molar-refractivity contribution in [2.75, 3.05) is 26.8 Å².